The minimum atomic E-state index is 0.587. The van der Waals surface area contributed by atoms with Gasteiger partial charge in [0, 0.05) is 26.2 Å². The zero-order chi connectivity index (χ0) is 10.5. The molecule has 1 saturated heterocycles. The molecule has 5 heteroatoms. The number of nitrogens with one attached hydrogen (secondary N) is 2. The fraction of sp³-hybridized carbons (Fsp3) is 0.400. The molecule has 2 N–H and O–H groups in total. The van der Waals surface area contributed by atoms with Gasteiger partial charge in [-0.3, -0.25) is 4.79 Å². The number of hydrogen-bond donors (Lipinski definition) is 2. The molecular formula is C10H14N4O. The summed E-state index contributed by atoms with van der Waals surface area (Å²) in [5.74, 6) is 0.587. The van der Waals surface area contributed by atoms with E-state index in [4.69, 9.17) is 0 Å². The molecule has 0 saturated carbocycles. The molecule has 0 atom stereocenters. The Balaban J connectivity index is 2.04. The Morgan fingerprint density at radius 1 is 1.40 bits per heavy atom. The number of amides is 1. The average Bonchev–Trinajstić information content (AvgIpc) is 2.32. The molecule has 1 aromatic heterocycles. The van der Waals surface area contributed by atoms with E-state index in [9.17, 15) is 4.79 Å². The third-order valence-electron chi connectivity index (χ3n) is 2.44. The number of hydrogen-bond acceptors (Lipinski definition) is 4. The highest BCUT2D eigenvalue weighted by Crippen LogP contribution is 2.14. The second-order valence-corrected chi connectivity index (χ2v) is 3.40. The fourth-order valence-corrected chi connectivity index (χ4v) is 1.64. The van der Waals surface area contributed by atoms with E-state index in [0.29, 0.717) is 12.2 Å². The Morgan fingerprint density at radius 3 is 2.80 bits per heavy atom. The third-order valence-corrected chi connectivity index (χ3v) is 2.44. The van der Waals surface area contributed by atoms with Crippen LogP contribution in [0.3, 0.4) is 0 Å². The Bertz CT molecular complexity index is 319. The van der Waals surface area contributed by atoms with Crippen molar-refractivity contribution in [3.05, 3.63) is 18.3 Å². The van der Waals surface area contributed by atoms with Crippen molar-refractivity contribution in [1.29, 1.82) is 0 Å². The Morgan fingerprint density at radius 2 is 2.20 bits per heavy atom. The van der Waals surface area contributed by atoms with Crippen LogP contribution in [0.15, 0.2) is 18.3 Å². The zero-order valence-electron chi connectivity index (χ0n) is 8.44. The number of rotatable bonds is 3. The number of carbonyl (C=O) groups is 1. The molecule has 15 heavy (non-hydrogen) atoms. The summed E-state index contributed by atoms with van der Waals surface area (Å²) >= 11 is 0. The molecule has 1 fully saturated rings. The number of nitrogens with zero attached hydrogens (tertiary/aromatic N) is 2. The SMILES string of the molecule is O=CNc1ccc(N2CCNCC2)cn1. The summed E-state index contributed by atoms with van der Waals surface area (Å²) in [7, 11) is 0. The standard InChI is InChI=1S/C10H14N4O/c15-8-13-10-2-1-9(7-12-10)14-5-3-11-4-6-14/h1-2,7-8,11H,3-6H2,(H,12,13,15). The Hall–Kier alpha value is -1.62. The molecule has 5 nitrogen and oxygen atoms in total. The van der Waals surface area contributed by atoms with E-state index < -0.39 is 0 Å². The van der Waals surface area contributed by atoms with E-state index in [1.807, 2.05) is 12.1 Å². The van der Waals surface area contributed by atoms with E-state index in [2.05, 4.69) is 20.5 Å². The van der Waals surface area contributed by atoms with E-state index >= 15 is 0 Å². The summed E-state index contributed by atoms with van der Waals surface area (Å²) in [6, 6.07) is 3.79. The quantitative estimate of drug-likeness (QED) is 0.687. The summed E-state index contributed by atoms with van der Waals surface area (Å²) in [6.07, 6.45) is 2.42. The van der Waals surface area contributed by atoms with Gasteiger partial charge in [-0.25, -0.2) is 4.98 Å². The first-order valence-electron chi connectivity index (χ1n) is 5.02. The summed E-state index contributed by atoms with van der Waals surface area (Å²) in [5, 5.41) is 5.81. The number of anilines is 2. The van der Waals surface area contributed by atoms with Gasteiger partial charge in [0.2, 0.25) is 6.41 Å². The van der Waals surface area contributed by atoms with Gasteiger partial charge in [-0.2, -0.15) is 0 Å². The first-order chi connectivity index (χ1) is 7.40. The smallest absolute Gasteiger partial charge is 0.212 e. The van der Waals surface area contributed by atoms with Crippen molar-refractivity contribution in [2.45, 2.75) is 0 Å². The molecule has 0 spiro atoms. The molecular weight excluding hydrogens is 192 g/mol. The number of piperazine rings is 1. The summed E-state index contributed by atoms with van der Waals surface area (Å²) < 4.78 is 0. The largest absolute Gasteiger partial charge is 0.368 e. The minimum Gasteiger partial charge on any atom is -0.368 e. The van der Waals surface area contributed by atoms with Gasteiger partial charge in [0.25, 0.3) is 0 Å². The van der Waals surface area contributed by atoms with Crippen LogP contribution in [0.1, 0.15) is 0 Å². The number of carbonyl (C=O) groups excluding carboxylic acids is 1. The number of pyridine rings is 1. The van der Waals surface area contributed by atoms with Gasteiger partial charge in [-0.05, 0) is 12.1 Å². The topological polar surface area (TPSA) is 57.3 Å². The maximum atomic E-state index is 10.2. The molecule has 1 aromatic rings. The third kappa shape index (κ3) is 2.44. The summed E-state index contributed by atoms with van der Waals surface area (Å²) in [5.41, 5.74) is 1.10. The van der Waals surface area contributed by atoms with Crippen molar-refractivity contribution in [2.75, 3.05) is 36.4 Å². The monoisotopic (exact) mass is 206 g/mol. The van der Waals surface area contributed by atoms with E-state index in [1.165, 1.54) is 0 Å². The second-order valence-electron chi connectivity index (χ2n) is 3.40. The van der Waals surface area contributed by atoms with Crippen LogP contribution >= 0.6 is 0 Å². The predicted molar refractivity (Wildman–Crippen MR) is 59.0 cm³/mol. The van der Waals surface area contributed by atoms with Gasteiger partial charge in [-0.15, -0.1) is 0 Å². The van der Waals surface area contributed by atoms with Gasteiger partial charge >= 0.3 is 0 Å². The van der Waals surface area contributed by atoms with Gasteiger partial charge in [0.1, 0.15) is 5.82 Å². The Labute approximate surface area is 88.5 Å². The van der Waals surface area contributed by atoms with Crippen LogP contribution in [0.25, 0.3) is 0 Å². The van der Waals surface area contributed by atoms with Crippen molar-refractivity contribution >= 4 is 17.9 Å². The van der Waals surface area contributed by atoms with Crippen molar-refractivity contribution in [3.8, 4) is 0 Å². The molecule has 2 heterocycles. The lowest BCUT2D eigenvalue weighted by molar-refractivity contribution is -0.105. The first kappa shape index (κ1) is 9.92. The van der Waals surface area contributed by atoms with Crippen LogP contribution in [0, 0.1) is 0 Å². The van der Waals surface area contributed by atoms with E-state index in [-0.39, 0.29) is 0 Å². The van der Waals surface area contributed by atoms with Gasteiger partial charge in [0.05, 0.1) is 11.9 Å². The van der Waals surface area contributed by atoms with Gasteiger partial charge in [0.15, 0.2) is 0 Å². The van der Waals surface area contributed by atoms with E-state index in [0.717, 1.165) is 31.9 Å². The molecule has 1 aliphatic rings. The van der Waals surface area contributed by atoms with Crippen LogP contribution in [0.2, 0.25) is 0 Å². The lowest BCUT2D eigenvalue weighted by Gasteiger charge is -2.29. The molecule has 80 valence electrons. The second kappa shape index (κ2) is 4.75. The Kier molecular flexibility index (Phi) is 3.14. The van der Waals surface area contributed by atoms with Crippen LogP contribution in [0.5, 0.6) is 0 Å². The summed E-state index contributed by atoms with van der Waals surface area (Å²) in [4.78, 5) is 16.6. The molecule has 2 rings (SSSR count). The molecule has 1 aliphatic heterocycles. The van der Waals surface area contributed by atoms with Crippen molar-refractivity contribution in [3.63, 3.8) is 0 Å². The molecule has 1 amide bonds. The fourth-order valence-electron chi connectivity index (χ4n) is 1.64. The molecule has 0 unspecified atom stereocenters. The normalized spacial score (nSPS) is 16.1. The molecule has 0 radical (unpaired) electrons. The zero-order valence-corrected chi connectivity index (χ0v) is 8.44. The number of aromatic nitrogens is 1. The van der Waals surface area contributed by atoms with Crippen LogP contribution in [0.4, 0.5) is 11.5 Å². The first-order valence-corrected chi connectivity index (χ1v) is 5.02. The minimum absolute atomic E-state index is 0.587. The highest BCUT2D eigenvalue weighted by molar-refractivity contribution is 5.69. The lowest BCUT2D eigenvalue weighted by atomic mass is 10.3. The highest BCUT2D eigenvalue weighted by Gasteiger charge is 2.10. The van der Waals surface area contributed by atoms with Gasteiger partial charge < -0.3 is 15.5 Å². The lowest BCUT2D eigenvalue weighted by Crippen LogP contribution is -2.43. The average molecular weight is 206 g/mol. The van der Waals surface area contributed by atoms with Crippen LogP contribution < -0.4 is 15.5 Å². The highest BCUT2D eigenvalue weighted by atomic mass is 16.1. The molecule has 0 aliphatic carbocycles. The van der Waals surface area contributed by atoms with Crippen molar-refractivity contribution < 1.29 is 4.79 Å². The predicted octanol–water partition coefficient (Wildman–Crippen LogP) is 0.0595. The summed E-state index contributed by atoms with van der Waals surface area (Å²) in [6.45, 7) is 4.02. The molecule has 0 bridgehead atoms. The molecule has 0 aromatic carbocycles. The van der Waals surface area contributed by atoms with Crippen molar-refractivity contribution in [1.82, 2.24) is 10.3 Å². The van der Waals surface area contributed by atoms with Crippen LogP contribution in [-0.2, 0) is 4.79 Å². The van der Waals surface area contributed by atoms with E-state index in [1.54, 1.807) is 6.20 Å². The van der Waals surface area contributed by atoms with Crippen molar-refractivity contribution in [2.24, 2.45) is 0 Å². The maximum absolute atomic E-state index is 10.2. The van der Waals surface area contributed by atoms with Gasteiger partial charge in [-0.1, -0.05) is 0 Å². The van der Waals surface area contributed by atoms with Crippen LogP contribution in [-0.4, -0.2) is 37.6 Å². The maximum Gasteiger partial charge on any atom is 0.212 e.